The minimum Gasteiger partial charge on any atom is -0.480 e. The van der Waals surface area contributed by atoms with Crippen molar-refractivity contribution >= 4 is 38.6 Å². The van der Waals surface area contributed by atoms with E-state index in [1.54, 1.807) is 36.4 Å². The van der Waals surface area contributed by atoms with E-state index in [0.29, 0.717) is 24.8 Å². The first-order valence-corrected chi connectivity index (χ1v) is 12.8. The Balaban J connectivity index is 1.88. The molecule has 0 spiro atoms. The molecular formula is C23H31N5O6S. The van der Waals surface area contributed by atoms with Gasteiger partial charge in [0.2, 0.25) is 15.9 Å². The van der Waals surface area contributed by atoms with Crippen molar-refractivity contribution in [1.29, 1.82) is 0 Å². The van der Waals surface area contributed by atoms with Crippen molar-refractivity contribution in [3.05, 3.63) is 42.5 Å². The summed E-state index contributed by atoms with van der Waals surface area (Å²) in [6, 6.07) is 10.7. The fourth-order valence-corrected chi connectivity index (χ4v) is 5.52. The lowest BCUT2D eigenvalue weighted by atomic mass is 10.1. The van der Waals surface area contributed by atoms with Crippen LogP contribution in [0.1, 0.15) is 25.7 Å². The van der Waals surface area contributed by atoms with Gasteiger partial charge in [0, 0.05) is 25.1 Å². The van der Waals surface area contributed by atoms with E-state index >= 15 is 0 Å². The molecular weight excluding hydrogens is 474 g/mol. The van der Waals surface area contributed by atoms with Gasteiger partial charge in [0.25, 0.3) is 0 Å². The molecule has 1 fully saturated rings. The third kappa shape index (κ3) is 7.38. The Hall–Kier alpha value is -3.22. The molecule has 0 radical (unpaired) electrons. The average Bonchev–Trinajstić information content (AvgIpc) is 3.32. The van der Waals surface area contributed by atoms with E-state index in [1.807, 2.05) is 0 Å². The van der Waals surface area contributed by atoms with Crippen molar-refractivity contribution in [2.75, 3.05) is 26.2 Å². The number of ether oxygens (including phenoxy) is 1. The van der Waals surface area contributed by atoms with E-state index in [9.17, 15) is 23.1 Å². The number of hydrogen-bond donors (Lipinski definition) is 4. The number of fused-ring (bicyclic) bond motifs is 1. The number of carbonyl (C=O) groups excluding carboxylic acids is 1. The van der Waals surface area contributed by atoms with Crippen LogP contribution in [0.5, 0.6) is 0 Å². The molecule has 1 saturated heterocycles. The molecule has 1 heterocycles. The number of carbonyl (C=O) groups is 2. The molecule has 3 rings (SSSR count). The summed E-state index contributed by atoms with van der Waals surface area (Å²) in [5.74, 6) is -1.96. The third-order valence-electron chi connectivity index (χ3n) is 5.67. The van der Waals surface area contributed by atoms with E-state index in [4.69, 9.17) is 16.2 Å². The number of amides is 1. The number of benzene rings is 2. The van der Waals surface area contributed by atoms with Crippen LogP contribution in [0.4, 0.5) is 0 Å². The highest BCUT2D eigenvalue weighted by molar-refractivity contribution is 7.89. The van der Waals surface area contributed by atoms with E-state index < -0.39 is 34.5 Å². The summed E-state index contributed by atoms with van der Waals surface area (Å²) in [6.07, 6.45) is 1.58. The molecule has 11 nitrogen and oxygen atoms in total. The number of carboxylic acid groups (broad SMARTS) is 1. The maximum atomic E-state index is 13.5. The normalized spacial score (nSPS) is 16.6. The average molecular weight is 506 g/mol. The molecule has 2 atom stereocenters. The zero-order valence-electron chi connectivity index (χ0n) is 19.3. The van der Waals surface area contributed by atoms with Gasteiger partial charge in [-0.15, -0.1) is 0 Å². The van der Waals surface area contributed by atoms with Crippen molar-refractivity contribution in [3.8, 4) is 0 Å². The number of nitrogens with one attached hydrogen (secondary N) is 1. The van der Waals surface area contributed by atoms with Crippen LogP contribution in [0.2, 0.25) is 0 Å². The summed E-state index contributed by atoms with van der Waals surface area (Å²) < 4.78 is 34.9. The lowest BCUT2D eigenvalue weighted by molar-refractivity contribution is -0.146. The minimum absolute atomic E-state index is 0.0292. The summed E-state index contributed by atoms with van der Waals surface area (Å²) in [4.78, 5) is 30.0. The smallest absolute Gasteiger partial charge is 0.323 e. The van der Waals surface area contributed by atoms with Crippen LogP contribution >= 0.6 is 0 Å². The van der Waals surface area contributed by atoms with Crippen LogP contribution < -0.4 is 16.2 Å². The number of nitrogens with two attached hydrogens (primary N) is 2. The lowest BCUT2D eigenvalue weighted by Gasteiger charge is -2.28. The van der Waals surface area contributed by atoms with Crippen LogP contribution in [-0.4, -0.2) is 74.6 Å². The van der Waals surface area contributed by atoms with Crippen molar-refractivity contribution in [1.82, 2.24) is 9.62 Å². The maximum absolute atomic E-state index is 13.5. The molecule has 12 heteroatoms. The monoisotopic (exact) mass is 505 g/mol. The van der Waals surface area contributed by atoms with Gasteiger partial charge in [-0.3, -0.25) is 14.6 Å². The number of hydrogen-bond acceptors (Lipinski definition) is 6. The first-order chi connectivity index (χ1) is 16.7. The van der Waals surface area contributed by atoms with Crippen LogP contribution in [0.15, 0.2) is 52.4 Å². The number of nitrogens with zero attached hydrogens (tertiary/aromatic N) is 2. The Morgan fingerprint density at radius 1 is 1.20 bits per heavy atom. The number of guanidine groups is 1. The third-order valence-corrected chi connectivity index (χ3v) is 7.20. The highest BCUT2D eigenvalue weighted by atomic mass is 32.2. The van der Waals surface area contributed by atoms with E-state index in [2.05, 4.69) is 9.71 Å². The van der Waals surface area contributed by atoms with Gasteiger partial charge in [-0.25, -0.2) is 8.42 Å². The standard InChI is InChI=1S/C23H31N5O6S/c24-23(25)26-12-4-10-19(22(31)28(15-21(29)30)14-17-8-5-13-34-17)27-35(32,33)20-11-3-7-16-6-1-2-9-18(16)20/h1-3,6-7,9,11,17,19,27H,4-5,8,10,12-15H2,(H,29,30)(H4,24,25,26). The van der Waals surface area contributed by atoms with Gasteiger partial charge in [-0.05, 0) is 37.1 Å². The van der Waals surface area contributed by atoms with Gasteiger partial charge >= 0.3 is 5.97 Å². The molecule has 1 aliphatic heterocycles. The first kappa shape index (κ1) is 26.4. The predicted octanol–water partition coefficient (Wildman–Crippen LogP) is 0.633. The van der Waals surface area contributed by atoms with Gasteiger partial charge in [0.15, 0.2) is 5.96 Å². The highest BCUT2D eigenvalue weighted by Gasteiger charge is 2.32. The fourth-order valence-electron chi connectivity index (χ4n) is 4.07. The Labute approximate surface area is 204 Å². The second kappa shape index (κ2) is 12.0. The summed E-state index contributed by atoms with van der Waals surface area (Å²) >= 11 is 0. The van der Waals surface area contributed by atoms with Gasteiger partial charge in [-0.2, -0.15) is 4.72 Å². The minimum atomic E-state index is -4.14. The van der Waals surface area contributed by atoms with Gasteiger partial charge in [-0.1, -0.05) is 36.4 Å². The molecule has 1 amide bonds. The summed E-state index contributed by atoms with van der Waals surface area (Å²) in [6.45, 7) is 0.215. The van der Waals surface area contributed by atoms with E-state index in [0.717, 1.165) is 16.7 Å². The van der Waals surface area contributed by atoms with Crippen molar-refractivity contribution in [2.24, 2.45) is 16.5 Å². The number of aliphatic carboxylic acids is 1. The lowest BCUT2D eigenvalue weighted by Crippen LogP contribution is -2.51. The molecule has 0 aliphatic carbocycles. The van der Waals surface area contributed by atoms with Crippen LogP contribution in [-0.2, 0) is 24.3 Å². The Morgan fingerprint density at radius 3 is 2.63 bits per heavy atom. The van der Waals surface area contributed by atoms with Crippen molar-refractivity contribution < 1.29 is 27.9 Å². The quantitative estimate of drug-likeness (QED) is 0.184. The zero-order chi connectivity index (χ0) is 25.4. The van der Waals surface area contributed by atoms with Crippen molar-refractivity contribution in [2.45, 2.75) is 42.7 Å². The van der Waals surface area contributed by atoms with E-state index in [1.165, 1.54) is 6.07 Å². The largest absolute Gasteiger partial charge is 0.480 e. The SMILES string of the molecule is NC(N)=NCCCC(NS(=O)(=O)c1cccc2ccccc12)C(=O)N(CC(=O)O)CC1CCCO1. The van der Waals surface area contributed by atoms with Crippen LogP contribution in [0, 0.1) is 0 Å². The topological polar surface area (TPSA) is 177 Å². The summed E-state index contributed by atoms with van der Waals surface area (Å²) in [5, 5.41) is 10.6. The van der Waals surface area contributed by atoms with Crippen LogP contribution in [0.3, 0.4) is 0 Å². The van der Waals surface area contributed by atoms with Gasteiger partial charge in [0.05, 0.1) is 11.0 Å². The second-order valence-electron chi connectivity index (χ2n) is 8.35. The number of aliphatic imine (C=N–C) groups is 1. The molecule has 2 aromatic carbocycles. The van der Waals surface area contributed by atoms with Gasteiger partial charge in [0.1, 0.15) is 12.6 Å². The number of carboxylic acids is 1. The molecule has 2 unspecified atom stereocenters. The Morgan fingerprint density at radius 2 is 1.94 bits per heavy atom. The predicted molar refractivity (Wildman–Crippen MR) is 131 cm³/mol. The second-order valence-corrected chi connectivity index (χ2v) is 10.0. The zero-order valence-corrected chi connectivity index (χ0v) is 20.1. The van der Waals surface area contributed by atoms with Crippen LogP contribution in [0.25, 0.3) is 10.8 Å². The molecule has 0 saturated carbocycles. The first-order valence-electron chi connectivity index (χ1n) is 11.3. The molecule has 6 N–H and O–H groups in total. The molecule has 1 aliphatic rings. The van der Waals surface area contributed by atoms with E-state index in [-0.39, 0.29) is 36.5 Å². The number of sulfonamides is 1. The fraction of sp³-hybridized carbons (Fsp3) is 0.435. The Bertz CT molecular complexity index is 1170. The Kier molecular flexibility index (Phi) is 9.01. The summed E-state index contributed by atoms with van der Waals surface area (Å²) in [5.41, 5.74) is 10.7. The molecule has 2 aromatic rings. The number of rotatable bonds is 12. The van der Waals surface area contributed by atoms with Gasteiger partial charge < -0.3 is 26.2 Å². The molecule has 0 aromatic heterocycles. The molecule has 35 heavy (non-hydrogen) atoms. The maximum Gasteiger partial charge on any atom is 0.323 e. The summed E-state index contributed by atoms with van der Waals surface area (Å²) in [7, 11) is -4.14. The van der Waals surface area contributed by atoms with Crippen molar-refractivity contribution in [3.63, 3.8) is 0 Å². The highest BCUT2D eigenvalue weighted by Crippen LogP contribution is 2.23. The molecule has 190 valence electrons. The molecule has 0 bridgehead atoms.